The lowest BCUT2D eigenvalue weighted by atomic mass is 10.1. The van der Waals surface area contributed by atoms with Gasteiger partial charge in [0.15, 0.2) is 0 Å². The van der Waals surface area contributed by atoms with Crippen LogP contribution >= 0.6 is 0 Å². The minimum Gasteiger partial charge on any atom is -0.368 e. The number of fused-ring (bicyclic) bond motifs is 1. The average Bonchev–Trinajstić information content (AvgIpc) is 3.52. The minimum absolute atomic E-state index is 0.0833. The van der Waals surface area contributed by atoms with Crippen molar-refractivity contribution in [2.75, 3.05) is 0 Å². The molecule has 0 aliphatic heterocycles. The summed E-state index contributed by atoms with van der Waals surface area (Å²) in [5.74, 6) is 0.932. The highest BCUT2D eigenvalue weighted by molar-refractivity contribution is 5.80. The molecule has 0 aliphatic carbocycles. The van der Waals surface area contributed by atoms with E-state index in [1.807, 2.05) is 68.6 Å². The van der Waals surface area contributed by atoms with Gasteiger partial charge >= 0.3 is 0 Å². The van der Waals surface area contributed by atoms with Gasteiger partial charge in [0.1, 0.15) is 11.4 Å². The molecule has 0 atom stereocenters. The maximum absolute atomic E-state index is 5.95. The lowest BCUT2D eigenvalue weighted by Crippen LogP contribution is -2.24. The molecule has 5 rings (SSSR count). The number of benzene rings is 2. The topological polar surface area (TPSA) is 128 Å². The molecule has 0 saturated carbocycles. The van der Waals surface area contributed by atoms with Gasteiger partial charge in [0.25, 0.3) is 0 Å². The molecule has 0 amide bonds. The lowest BCUT2D eigenvalue weighted by molar-refractivity contribution is 0.769. The summed E-state index contributed by atoms with van der Waals surface area (Å²) in [6.45, 7) is 3.90. The highest BCUT2D eigenvalue weighted by Gasteiger charge is 2.11. The van der Waals surface area contributed by atoms with Crippen LogP contribution in [0.15, 0.2) is 65.9 Å². The molecule has 2 aromatic carbocycles. The second-order valence-corrected chi connectivity index (χ2v) is 7.33. The van der Waals surface area contributed by atoms with E-state index in [0.29, 0.717) is 17.6 Å². The van der Waals surface area contributed by atoms with Crippen molar-refractivity contribution >= 4 is 17.0 Å². The van der Waals surface area contributed by atoms with Crippen molar-refractivity contribution in [1.82, 2.24) is 40.0 Å². The summed E-state index contributed by atoms with van der Waals surface area (Å²) in [6.07, 6.45) is 3.60. The number of para-hydroxylation sites is 2. The molecule has 31 heavy (non-hydrogen) atoms. The summed E-state index contributed by atoms with van der Waals surface area (Å²) in [4.78, 5) is 12.1. The van der Waals surface area contributed by atoms with Crippen LogP contribution < -0.4 is 5.73 Å². The van der Waals surface area contributed by atoms with Crippen LogP contribution in [0.2, 0.25) is 0 Å². The van der Waals surface area contributed by atoms with Crippen molar-refractivity contribution in [3.63, 3.8) is 0 Å². The number of nitrogens with one attached hydrogen (secondary N) is 1. The number of H-pyrrole nitrogens is 1. The summed E-state index contributed by atoms with van der Waals surface area (Å²) < 4.78 is 3.10. The summed E-state index contributed by atoms with van der Waals surface area (Å²) in [5, 5.41) is 16.7. The van der Waals surface area contributed by atoms with E-state index in [4.69, 9.17) is 5.73 Å². The molecule has 0 aliphatic rings. The van der Waals surface area contributed by atoms with Crippen molar-refractivity contribution in [1.29, 1.82) is 0 Å². The van der Waals surface area contributed by atoms with Crippen LogP contribution in [-0.4, -0.2) is 52.0 Å². The van der Waals surface area contributed by atoms with Crippen LogP contribution in [0.5, 0.6) is 0 Å². The Balaban J connectivity index is 1.38. The standard InChI is InChI=1S/C21H20N10/c1-13(2)23-20(22)30-11-18(26-28-30)14-7-9-15(10-8-14)19-12-31(29-27-19)21-24-16-5-3-4-6-17(16)25-21/h3-13H,1-2H3,(H2,22,23)(H,24,25). The van der Waals surface area contributed by atoms with Gasteiger partial charge in [0.05, 0.1) is 23.4 Å². The maximum Gasteiger partial charge on any atom is 0.230 e. The van der Waals surface area contributed by atoms with Crippen LogP contribution in [0.1, 0.15) is 13.8 Å². The number of hydrogen-bond donors (Lipinski definition) is 2. The number of hydrogen-bond acceptors (Lipinski definition) is 6. The Morgan fingerprint density at radius 2 is 1.61 bits per heavy atom. The second kappa shape index (κ2) is 7.48. The van der Waals surface area contributed by atoms with E-state index in [-0.39, 0.29) is 6.04 Å². The predicted octanol–water partition coefficient (Wildman–Crippen LogP) is 2.64. The molecule has 0 saturated heterocycles. The molecular formula is C21H20N10. The second-order valence-electron chi connectivity index (χ2n) is 7.33. The molecule has 0 radical (unpaired) electrons. The van der Waals surface area contributed by atoms with Crippen molar-refractivity contribution in [3.8, 4) is 28.5 Å². The molecule has 0 unspecified atom stereocenters. The summed E-state index contributed by atoms with van der Waals surface area (Å²) in [7, 11) is 0. The molecule has 0 fully saturated rings. The molecule has 0 spiro atoms. The zero-order valence-electron chi connectivity index (χ0n) is 17.0. The molecule has 3 N–H and O–H groups in total. The fourth-order valence-electron chi connectivity index (χ4n) is 3.19. The molecule has 0 bridgehead atoms. The van der Waals surface area contributed by atoms with Crippen molar-refractivity contribution in [2.45, 2.75) is 19.9 Å². The quantitative estimate of drug-likeness (QED) is 0.345. The molecular weight excluding hydrogens is 392 g/mol. The lowest BCUT2D eigenvalue weighted by Gasteiger charge is -2.01. The monoisotopic (exact) mass is 412 g/mol. The first-order valence-corrected chi connectivity index (χ1v) is 9.81. The van der Waals surface area contributed by atoms with Crippen molar-refractivity contribution < 1.29 is 0 Å². The number of aromatic nitrogens is 8. The fraction of sp³-hybridized carbons (Fsp3) is 0.143. The van der Waals surface area contributed by atoms with Gasteiger partial charge in [-0.3, -0.25) is 0 Å². The number of imidazole rings is 1. The van der Waals surface area contributed by atoms with Crippen molar-refractivity contribution in [3.05, 3.63) is 60.9 Å². The van der Waals surface area contributed by atoms with E-state index in [9.17, 15) is 0 Å². The van der Waals surface area contributed by atoms with E-state index in [0.717, 1.165) is 27.9 Å². The zero-order valence-corrected chi connectivity index (χ0v) is 17.0. The Morgan fingerprint density at radius 1 is 0.935 bits per heavy atom. The van der Waals surface area contributed by atoms with Crippen LogP contribution in [-0.2, 0) is 0 Å². The average molecular weight is 412 g/mol. The van der Waals surface area contributed by atoms with Gasteiger partial charge in [-0.05, 0) is 26.0 Å². The number of aliphatic imine (C=N–C) groups is 1. The minimum atomic E-state index is 0.0833. The van der Waals surface area contributed by atoms with Crippen molar-refractivity contribution in [2.24, 2.45) is 10.7 Å². The molecule has 3 heterocycles. The highest BCUT2D eigenvalue weighted by atomic mass is 15.5. The normalized spacial score (nSPS) is 12.2. The number of rotatable bonds is 4. The Labute approximate surface area is 177 Å². The Hall–Kier alpha value is -4.34. The van der Waals surface area contributed by atoms with Crippen LogP contribution in [0.4, 0.5) is 0 Å². The summed E-state index contributed by atoms with van der Waals surface area (Å²) in [6, 6.07) is 15.8. The largest absolute Gasteiger partial charge is 0.368 e. The van der Waals surface area contributed by atoms with Gasteiger partial charge < -0.3 is 10.7 Å². The Kier molecular flexibility index (Phi) is 4.51. The smallest absolute Gasteiger partial charge is 0.230 e. The third-order valence-corrected chi connectivity index (χ3v) is 4.68. The number of nitrogens with two attached hydrogens (primary N) is 1. The van der Waals surface area contributed by atoms with Gasteiger partial charge in [-0.1, -0.05) is 46.8 Å². The number of aromatic amines is 1. The van der Waals surface area contributed by atoms with Crippen LogP contribution in [0.3, 0.4) is 0 Å². The van der Waals surface area contributed by atoms with Gasteiger partial charge in [-0.15, -0.1) is 10.2 Å². The van der Waals surface area contributed by atoms with Gasteiger partial charge in [0.2, 0.25) is 11.9 Å². The Morgan fingerprint density at radius 3 is 2.32 bits per heavy atom. The molecule has 10 heteroatoms. The summed E-state index contributed by atoms with van der Waals surface area (Å²) in [5.41, 5.74) is 11.1. The first-order valence-electron chi connectivity index (χ1n) is 9.81. The third kappa shape index (κ3) is 3.66. The highest BCUT2D eigenvalue weighted by Crippen LogP contribution is 2.23. The van der Waals surface area contributed by atoms with Crippen LogP contribution in [0.25, 0.3) is 39.5 Å². The van der Waals surface area contributed by atoms with E-state index in [1.165, 1.54) is 4.68 Å². The van der Waals surface area contributed by atoms with E-state index in [1.54, 1.807) is 10.9 Å². The maximum atomic E-state index is 5.95. The number of nitrogens with zero attached hydrogens (tertiary/aromatic N) is 8. The molecule has 154 valence electrons. The van der Waals surface area contributed by atoms with E-state index >= 15 is 0 Å². The van der Waals surface area contributed by atoms with E-state index in [2.05, 4.69) is 35.6 Å². The Bertz CT molecular complexity index is 1340. The fourth-order valence-corrected chi connectivity index (χ4v) is 3.19. The SMILES string of the molecule is CC(C)N=C(N)n1cc(-c2ccc(-c3cn(-c4nc5ccccc5[nH]4)nn3)cc2)nn1. The third-order valence-electron chi connectivity index (χ3n) is 4.68. The molecule has 5 aromatic rings. The molecule has 3 aromatic heterocycles. The summed E-state index contributed by atoms with van der Waals surface area (Å²) >= 11 is 0. The first kappa shape index (κ1) is 18.7. The van der Waals surface area contributed by atoms with Gasteiger partial charge in [0, 0.05) is 17.2 Å². The van der Waals surface area contributed by atoms with E-state index < -0.39 is 0 Å². The van der Waals surface area contributed by atoms with Crippen LogP contribution in [0, 0.1) is 0 Å². The predicted molar refractivity (Wildman–Crippen MR) is 118 cm³/mol. The zero-order chi connectivity index (χ0) is 21.4. The van der Waals surface area contributed by atoms with Gasteiger partial charge in [-0.2, -0.15) is 9.36 Å². The van der Waals surface area contributed by atoms with Gasteiger partial charge in [-0.25, -0.2) is 9.98 Å². The molecule has 10 nitrogen and oxygen atoms in total. The first-order chi connectivity index (χ1) is 15.1.